The number of amides is 1. The summed E-state index contributed by atoms with van der Waals surface area (Å²) in [5, 5.41) is 3.42. The average molecular weight is 242 g/mol. The Morgan fingerprint density at radius 3 is 3.06 bits per heavy atom. The van der Waals surface area contributed by atoms with Gasteiger partial charge in [0, 0.05) is 19.3 Å². The summed E-state index contributed by atoms with van der Waals surface area (Å²) in [5.74, 6) is 2.72. The molecule has 3 atom stereocenters. The van der Waals surface area contributed by atoms with Crippen LogP contribution in [0.25, 0.3) is 0 Å². The van der Waals surface area contributed by atoms with Crippen LogP contribution in [0.3, 0.4) is 0 Å². The molecule has 0 radical (unpaired) electrons. The monoisotopic (exact) mass is 242 g/mol. The molecule has 92 valence electrons. The molecule has 1 aliphatic carbocycles. The van der Waals surface area contributed by atoms with E-state index >= 15 is 0 Å². The van der Waals surface area contributed by atoms with Gasteiger partial charge in [-0.05, 0) is 37.5 Å². The van der Waals surface area contributed by atoms with Crippen LogP contribution in [-0.4, -0.2) is 49.0 Å². The minimum absolute atomic E-state index is 0.111. The maximum atomic E-state index is 12.2. The standard InChI is InChI=1S/C12H22N2OS/c1-14(6-7-16-2)12(15)11-10-5-3-4-9(10)8-13-11/h9-11,13H,3-8H2,1-2H3. The van der Waals surface area contributed by atoms with E-state index in [1.54, 1.807) is 11.8 Å². The summed E-state index contributed by atoms with van der Waals surface area (Å²) < 4.78 is 0. The summed E-state index contributed by atoms with van der Waals surface area (Å²) in [4.78, 5) is 14.1. The third-order valence-electron chi connectivity index (χ3n) is 4.02. The first-order valence-electron chi connectivity index (χ1n) is 6.21. The number of rotatable bonds is 4. The molecule has 0 bridgehead atoms. The zero-order chi connectivity index (χ0) is 11.5. The molecule has 2 fully saturated rings. The maximum Gasteiger partial charge on any atom is 0.239 e. The summed E-state index contributed by atoms with van der Waals surface area (Å²) in [6.45, 7) is 1.92. The Hall–Kier alpha value is -0.220. The van der Waals surface area contributed by atoms with Crippen LogP contribution in [-0.2, 0) is 4.79 Å². The van der Waals surface area contributed by atoms with E-state index in [2.05, 4.69) is 11.6 Å². The third kappa shape index (κ3) is 2.38. The largest absolute Gasteiger partial charge is 0.344 e. The minimum atomic E-state index is 0.111. The number of carbonyl (C=O) groups is 1. The molecule has 1 saturated carbocycles. The van der Waals surface area contributed by atoms with Gasteiger partial charge in [-0.2, -0.15) is 11.8 Å². The van der Waals surface area contributed by atoms with Crippen LogP contribution in [0.15, 0.2) is 0 Å². The summed E-state index contributed by atoms with van der Waals surface area (Å²) in [6.07, 6.45) is 5.95. The average Bonchev–Trinajstić information content (AvgIpc) is 2.86. The second-order valence-corrected chi connectivity index (χ2v) is 5.98. The zero-order valence-electron chi connectivity index (χ0n) is 10.2. The van der Waals surface area contributed by atoms with Crippen molar-refractivity contribution in [3.63, 3.8) is 0 Å². The quantitative estimate of drug-likeness (QED) is 0.804. The summed E-state index contributed by atoms with van der Waals surface area (Å²) in [7, 11) is 1.93. The Morgan fingerprint density at radius 1 is 1.50 bits per heavy atom. The molecular weight excluding hydrogens is 220 g/mol. The molecular formula is C12H22N2OS. The van der Waals surface area contributed by atoms with Crippen molar-refractivity contribution in [3.05, 3.63) is 0 Å². The Labute approximate surface area is 102 Å². The van der Waals surface area contributed by atoms with Crippen molar-refractivity contribution in [1.82, 2.24) is 10.2 Å². The predicted octanol–water partition coefficient (Wildman–Crippen LogP) is 1.20. The molecule has 1 heterocycles. The van der Waals surface area contributed by atoms with Gasteiger partial charge < -0.3 is 10.2 Å². The van der Waals surface area contributed by atoms with Crippen LogP contribution in [0.2, 0.25) is 0 Å². The van der Waals surface area contributed by atoms with Gasteiger partial charge in [0.2, 0.25) is 5.91 Å². The molecule has 0 spiro atoms. The van der Waals surface area contributed by atoms with Crippen molar-refractivity contribution in [3.8, 4) is 0 Å². The Morgan fingerprint density at radius 2 is 2.31 bits per heavy atom. The lowest BCUT2D eigenvalue weighted by molar-refractivity contribution is -0.132. The second-order valence-electron chi connectivity index (χ2n) is 4.99. The first-order valence-corrected chi connectivity index (χ1v) is 7.60. The molecule has 1 aliphatic heterocycles. The van der Waals surface area contributed by atoms with E-state index in [0.29, 0.717) is 11.8 Å². The van der Waals surface area contributed by atoms with Gasteiger partial charge in [0.15, 0.2) is 0 Å². The first kappa shape index (κ1) is 12.2. The van der Waals surface area contributed by atoms with Gasteiger partial charge >= 0.3 is 0 Å². The molecule has 2 rings (SSSR count). The maximum absolute atomic E-state index is 12.2. The number of nitrogens with one attached hydrogen (secondary N) is 1. The van der Waals surface area contributed by atoms with Gasteiger partial charge in [-0.25, -0.2) is 0 Å². The molecule has 4 heteroatoms. The lowest BCUT2D eigenvalue weighted by atomic mass is 9.93. The normalized spacial score (nSPS) is 32.8. The van der Waals surface area contributed by atoms with E-state index in [-0.39, 0.29) is 6.04 Å². The van der Waals surface area contributed by atoms with Crippen molar-refractivity contribution < 1.29 is 4.79 Å². The number of nitrogens with zero attached hydrogens (tertiary/aromatic N) is 1. The lowest BCUT2D eigenvalue weighted by Crippen LogP contribution is -2.45. The van der Waals surface area contributed by atoms with Crippen molar-refractivity contribution in [2.45, 2.75) is 25.3 Å². The van der Waals surface area contributed by atoms with Crippen LogP contribution in [0.4, 0.5) is 0 Å². The fourth-order valence-electron chi connectivity index (χ4n) is 3.03. The highest BCUT2D eigenvalue weighted by Crippen LogP contribution is 2.38. The van der Waals surface area contributed by atoms with E-state index in [0.717, 1.165) is 24.8 Å². The van der Waals surface area contributed by atoms with E-state index in [4.69, 9.17) is 0 Å². The fourth-order valence-corrected chi connectivity index (χ4v) is 3.49. The van der Waals surface area contributed by atoms with Gasteiger partial charge in [0.1, 0.15) is 0 Å². The van der Waals surface area contributed by atoms with Crippen LogP contribution >= 0.6 is 11.8 Å². The number of hydrogen-bond donors (Lipinski definition) is 1. The summed E-state index contributed by atoms with van der Waals surface area (Å²) >= 11 is 1.80. The van der Waals surface area contributed by atoms with E-state index in [9.17, 15) is 4.79 Å². The zero-order valence-corrected chi connectivity index (χ0v) is 11.1. The van der Waals surface area contributed by atoms with E-state index in [1.807, 2.05) is 11.9 Å². The van der Waals surface area contributed by atoms with Crippen LogP contribution < -0.4 is 5.32 Å². The Balaban J connectivity index is 1.89. The Bertz CT molecular complexity index is 259. The van der Waals surface area contributed by atoms with Gasteiger partial charge in [0.25, 0.3) is 0 Å². The summed E-state index contributed by atoms with van der Waals surface area (Å²) in [5.41, 5.74) is 0. The minimum Gasteiger partial charge on any atom is -0.344 e. The molecule has 2 aliphatic rings. The molecule has 1 saturated heterocycles. The molecule has 16 heavy (non-hydrogen) atoms. The van der Waals surface area contributed by atoms with Crippen LogP contribution in [0, 0.1) is 11.8 Å². The Kier molecular flexibility index (Phi) is 4.14. The molecule has 1 amide bonds. The lowest BCUT2D eigenvalue weighted by Gasteiger charge is -2.24. The van der Waals surface area contributed by atoms with Crippen molar-refractivity contribution in [2.75, 3.05) is 32.1 Å². The predicted molar refractivity (Wildman–Crippen MR) is 68.6 cm³/mol. The smallest absolute Gasteiger partial charge is 0.239 e. The van der Waals surface area contributed by atoms with Gasteiger partial charge in [0.05, 0.1) is 6.04 Å². The number of hydrogen-bond acceptors (Lipinski definition) is 3. The van der Waals surface area contributed by atoms with Crippen molar-refractivity contribution in [2.24, 2.45) is 11.8 Å². The third-order valence-corrected chi connectivity index (χ3v) is 4.61. The number of likely N-dealkylation sites (N-methyl/N-ethyl adjacent to an activating group) is 1. The van der Waals surface area contributed by atoms with Gasteiger partial charge in [-0.1, -0.05) is 6.42 Å². The van der Waals surface area contributed by atoms with Gasteiger partial charge in [-0.15, -0.1) is 0 Å². The number of thioether (sulfide) groups is 1. The topological polar surface area (TPSA) is 32.3 Å². The summed E-state index contributed by atoms with van der Waals surface area (Å²) in [6, 6.07) is 0.111. The van der Waals surface area contributed by atoms with Gasteiger partial charge in [-0.3, -0.25) is 4.79 Å². The molecule has 0 aromatic heterocycles. The van der Waals surface area contributed by atoms with E-state index in [1.165, 1.54) is 19.3 Å². The van der Waals surface area contributed by atoms with Crippen molar-refractivity contribution >= 4 is 17.7 Å². The molecule has 3 unspecified atom stereocenters. The molecule has 3 nitrogen and oxygen atoms in total. The number of fused-ring (bicyclic) bond motifs is 1. The van der Waals surface area contributed by atoms with Crippen LogP contribution in [0.5, 0.6) is 0 Å². The SMILES string of the molecule is CSCCN(C)C(=O)C1NCC2CCCC21. The fraction of sp³-hybridized carbons (Fsp3) is 0.917. The molecule has 0 aromatic rings. The number of carbonyl (C=O) groups excluding carboxylic acids is 1. The van der Waals surface area contributed by atoms with Crippen molar-refractivity contribution in [1.29, 1.82) is 0 Å². The highest BCUT2D eigenvalue weighted by atomic mass is 32.2. The highest BCUT2D eigenvalue weighted by Gasteiger charge is 2.43. The first-order chi connectivity index (χ1) is 7.74. The van der Waals surface area contributed by atoms with Crippen LogP contribution in [0.1, 0.15) is 19.3 Å². The molecule has 0 aromatic carbocycles. The van der Waals surface area contributed by atoms with E-state index < -0.39 is 0 Å². The second kappa shape index (κ2) is 5.41. The molecule has 1 N–H and O–H groups in total. The highest BCUT2D eigenvalue weighted by molar-refractivity contribution is 7.98.